The third-order valence-electron chi connectivity index (χ3n) is 7.44. The van der Waals surface area contributed by atoms with Gasteiger partial charge in [0.05, 0.1) is 12.7 Å². The van der Waals surface area contributed by atoms with Gasteiger partial charge >= 0.3 is 5.97 Å². The number of ether oxygens (including phenoxy) is 1. The Morgan fingerprint density at radius 1 is 1.07 bits per heavy atom. The van der Waals surface area contributed by atoms with Gasteiger partial charge in [0, 0.05) is 23.6 Å². The lowest BCUT2D eigenvalue weighted by Gasteiger charge is -2.60. The highest BCUT2D eigenvalue weighted by Gasteiger charge is 2.57. The van der Waals surface area contributed by atoms with E-state index >= 15 is 0 Å². The number of likely N-dealkylation sites (tertiary alicyclic amines) is 1. The summed E-state index contributed by atoms with van der Waals surface area (Å²) >= 11 is 0. The Labute approximate surface area is 171 Å². The van der Waals surface area contributed by atoms with Crippen LogP contribution in [-0.2, 0) is 16.6 Å². The number of amides is 1. The molecule has 5 heteroatoms. The van der Waals surface area contributed by atoms with E-state index in [2.05, 4.69) is 26.8 Å². The van der Waals surface area contributed by atoms with Crippen molar-refractivity contribution in [2.45, 2.75) is 45.1 Å². The summed E-state index contributed by atoms with van der Waals surface area (Å²) in [7, 11) is 1.34. The van der Waals surface area contributed by atoms with E-state index in [-0.39, 0.29) is 22.8 Å². The smallest absolute Gasteiger partial charge is 0.337 e. The molecule has 2 aromatic carbocycles. The number of aromatic hydroxyl groups is 1. The van der Waals surface area contributed by atoms with Gasteiger partial charge < -0.3 is 14.7 Å². The number of benzene rings is 2. The molecule has 4 rings (SSSR count). The highest BCUT2D eigenvalue weighted by molar-refractivity contribution is 5.96. The van der Waals surface area contributed by atoms with Gasteiger partial charge in [-0.3, -0.25) is 4.79 Å². The molecule has 2 aromatic rings. The summed E-state index contributed by atoms with van der Waals surface area (Å²) in [6.45, 7) is 7.37. The highest BCUT2D eigenvalue weighted by atomic mass is 16.5. The molecule has 1 amide bonds. The van der Waals surface area contributed by atoms with Gasteiger partial charge in [-0.25, -0.2) is 4.79 Å². The van der Waals surface area contributed by atoms with Crippen molar-refractivity contribution < 1.29 is 19.4 Å². The van der Waals surface area contributed by atoms with E-state index in [9.17, 15) is 14.7 Å². The number of carbonyl (C=O) groups is 2. The highest BCUT2D eigenvalue weighted by Crippen LogP contribution is 2.57. The predicted octanol–water partition coefficient (Wildman–Crippen LogP) is 3.93. The zero-order valence-electron chi connectivity index (χ0n) is 17.4. The molecule has 0 saturated carbocycles. The van der Waals surface area contributed by atoms with Crippen LogP contribution in [0.4, 0.5) is 0 Å². The third-order valence-corrected chi connectivity index (χ3v) is 7.44. The van der Waals surface area contributed by atoms with Crippen molar-refractivity contribution in [2.75, 3.05) is 13.7 Å². The molecular formula is C24H27NO4. The lowest BCUT2D eigenvalue weighted by molar-refractivity contribution is -0.0266. The molecule has 2 aliphatic rings. The van der Waals surface area contributed by atoms with E-state index in [1.165, 1.54) is 12.7 Å². The summed E-state index contributed by atoms with van der Waals surface area (Å²) in [5, 5.41) is 10.5. The second-order valence-electron chi connectivity index (χ2n) is 8.89. The Morgan fingerprint density at radius 3 is 2.38 bits per heavy atom. The van der Waals surface area contributed by atoms with Gasteiger partial charge in [-0.15, -0.1) is 0 Å². The maximum Gasteiger partial charge on any atom is 0.337 e. The molecule has 0 radical (unpaired) electrons. The van der Waals surface area contributed by atoms with E-state index in [4.69, 9.17) is 4.74 Å². The van der Waals surface area contributed by atoms with Crippen LogP contribution in [0, 0.1) is 5.41 Å². The van der Waals surface area contributed by atoms with Crippen molar-refractivity contribution in [1.82, 2.24) is 4.90 Å². The van der Waals surface area contributed by atoms with Gasteiger partial charge in [-0.2, -0.15) is 0 Å². The quantitative estimate of drug-likeness (QED) is 0.785. The van der Waals surface area contributed by atoms with Gasteiger partial charge in [-0.1, -0.05) is 32.9 Å². The topological polar surface area (TPSA) is 66.8 Å². The van der Waals surface area contributed by atoms with E-state index in [0.29, 0.717) is 29.8 Å². The van der Waals surface area contributed by atoms with Gasteiger partial charge in [0.1, 0.15) is 5.75 Å². The van der Waals surface area contributed by atoms with Crippen molar-refractivity contribution in [3.05, 3.63) is 64.7 Å². The summed E-state index contributed by atoms with van der Waals surface area (Å²) < 4.78 is 4.73. The number of rotatable bonds is 2. The van der Waals surface area contributed by atoms with Crippen LogP contribution in [0.5, 0.6) is 5.75 Å². The minimum absolute atomic E-state index is 0.0187. The molecule has 152 valence electrons. The molecule has 0 aromatic heterocycles. The average molecular weight is 393 g/mol. The predicted molar refractivity (Wildman–Crippen MR) is 110 cm³/mol. The molecule has 1 N–H and O–H groups in total. The third kappa shape index (κ3) is 2.75. The van der Waals surface area contributed by atoms with Gasteiger partial charge in [0.15, 0.2) is 0 Å². The van der Waals surface area contributed by atoms with Crippen molar-refractivity contribution in [3.8, 4) is 5.75 Å². The lowest BCUT2D eigenvalue weighted by atomic mass is 9.51. The Hall–Kier alpha value is -2.82. The number of hydrogen-bond donors (Lipinski definition) is 1. The zero-order chi connectivity index (χ0) is 21.0. The fourth-order valence-corrected chi connectivity index (χ4v) is 5.20. The van der Waals surface area contributed by atoms with Crippen LogP contribution < -0.4 is 0 Å². The molecule has 1 fully saturated rings. The number of phenolic OH excluding ortho intramolecular Hbond substituents is 1. The van der Waals surface area contributed by atoms with Crippen molar-refractivity contribution >= 4 is 11.9 Å². The Balaban J connectivity index is 1.70. The van der Waals surface area contributed by atoms with Crippen LogP contribution in [0.1, 0.15) is 59.0 Å². The van der Waals surface area contributed by atoms with Crippen molar-refractivity contribution in [1.29, 1.82) is 0 Å². The van der Waals surface area contributed by atoms with Gasteiger partial charge in [0.25, 0.3) is 5.91 Å². The first-order valence-corrected chi connectivity index (χ1v) is 10.0. The van der Waals surface area contributed by atoms with Crippen LogP contribution in [0.25, 0.3) is 0 Å². The summed E-state index contributed by atoms with van der Waals surface area (Å²) in [5.41, 5.74) is 2.88. The number of methoxy groups -OCH3 is 1. The second kappa shape index (κ2) is 6.61. The normalized spacial score (nSPS) is 24.6. The van der Waals surface area contributed by atoms with Crippen LogP contribution in [-0.4, -0.2) is 41.6 Å². The molecule has 5 nitrogen and oxygen atoms in total. The maximum absolute atomic E-state index is 13.4. The van der Waals surface area contributed by atoms with E-state index in [1.807, 2.05) is 11.0 Å². The van der Waals surface area contributed by atoms with E-state index < -0.39 is 5.97 Å². The van der Waals surface area contributed by atoms with Crippen molar-refractivity contribution in [3.63, 3.8) is 0 Å². The number of hydrogen-bond acceptors (Lipinski definition) is 4. The summed E-state index contributed by atoms with van der Waals surface area (Å²) in [6, 6.07) is 12.4. The monoisotopic (exact) mass is 393 g/mol. The van der Waals surface area contributed by atoms with Gasteiger partial charge in [-0.05, 0) is 59.7 Å². The average Bonchev–Trinajstić information content (AvgIpc) is 2.70. The Kier molecular flexibility index (Phi) is 4.45. The van der Waals surface area contributed by atoms with E-state index in [0.717, 1.165) is 12.0 Å². The number of esters is 1. The molecule has 2 bridgehead atoms. The summed E-state index contributed by atoms with van der Waals surface area (Å²) in [5.74, 6) is -0.149. The first-order chi connectivity index (χ1) is 13.7. The number of nitrogens with zero attached hydrogens (tertiary/aromatic N) is 1. The molecule has 0 spiro atoms. The molecule has 1 saturated heterocycles. The first-order valence-electron chi connectivity index (χ1n) is 10.0. The molecule has 29 heavy (non-hydrogen) atoms. The second-order valence-corrected chi connectivity index (χ2v) is 8.89. The number of phenols is 1. The van der Waals surface area contributed by atoms with Crippen molar-refractivity contribution in [2.24, 2.45) is 5.41 Å². The fourth-order valence-electron chi connectivity index (χ4n) is 5.20. The molecule has 0 unspecified atom stereocenters. The Bertz CT molecular complexity index is 979. The maximum atomic E-state index is 13.4. The first kappa shape index (κ1) is 19.5. The lowest BCUT2D eigenvalue weighted by Crippen LogP contribution is -2.64. The zero-order valence-corrected chi connectivity index (χ0v) is 17.4. The van der Waals surface area contributed by atoms with Crippen LogP contribution in [0.15, 0.2) is 42.5 Å². The molecule has 1 aliphatic heterocycles. The standard InChI is InChI=1S/C24H27NO4/c1-23(2)20-14-17-18(6-5-7-19(17)26)24(23,3)12-13-25(20)21(27)15-8-10-16(11-9-15)22(28)29-4/h5-11,20,26H,12-14H2,1-4H3/t20-,24+/m1/s1. The van der Waals surface area contributed by atoms with Crippen LogP contribution >= 0.6 is 0 Å². The fraction of sp³-hybridized carbons (Fsp3) is 0.417. The summed E-state index contributed by atoms with van der Waals surface area (Å²) in [6.07, 6.45) is 1.47. The minimum Gasteiger partial charge on any atom is -0.508 e. The molecule has 1 heterocycles. The molecular weight excluding hydrogens is 366 g/mol. The largest absolute Gasteiger partial charge is 0.508 e. The number of fused-ring (bicyclic) bond motifs is 4. The SMILES string of the molecule is COC(=O)c1ccc(C(=O)N2CC[C@@]3(C)c4cccc(O)c4C[C@@H]2C3(C)C)cc1. The van der Waals surface area contributed by atoms with Crippen LogP contribution in [0.2, 0.25) is 0 Å². The van der Waals surface area contributed by atoms with Crippen LogP contribution in [0.3, 0.4) is 0 Å². The summed E-state index contributed by atoms with van der Waals surface area (Å²) in [4.78, 5) is 27.0. The number of carbonyl (C=O) groups excluding carboxylic acids is 2. The number of piperidine rings is 1. The van der Waals surface area contributed by atoms with E-state index in [1.54, 1.807) is 30.3 Å². The molecule has 2 atom stereocenters. The Morgan fingerprint density at radius 2 is 1.72 bits per heavy atom. The minimum atomic E-state index is -0.418. The van der Waals surface area contributed by atoms with Gasteiger partial charge in [0.2, 0.25) is 0 Å². The molecule has 1 aliphatic carbocycles.